The summed E-state index contributed by atoms with van der Waals surface area (Å²) in [7, 11) is -1.68. The van der Waals surface area contributed by atoms with Crippen molar-refractivity contribution in [2.75, 3.05) is 63.2 Å². The fraction of sp³-hybridized carbons (Fsp3) is 0.389. The summed E-state index contributed by atoms with van der Waals surface area (Å²) < 4.78 is 9.92. The summed E-state index contributed by atoms with van der Waals surface area (Å²) in [5, 5.41) is 24.2. The van der Waals surface area contributed by atoms with E-state index in [4.69, 9.17) is 20.9 Å². The number of carbonyl (C=O) groups excluding carboxylic acids is 8. The summed E-state index contributed by atoms with van der Waals surface area (Å²) in [5.74, 6) is -4.78. The first-order valence-electron chi connectivity index (χ1n) is 32.6. The maximum Gasteiger partial charge on any atom is 0.325 e. The van der Waals surface area contributed by atoms with Crippen LogP contribution < -0.4 is 75.2 Å². The molecule has 0 saturated carbocycles. The Bertz CT molecular complexity index is 2850. The van der Waals surface area contributed by atoms with Crippen molar-refractivity contribution in [2.24, 2.45) is 11.5 Å². The van der Waals surface area contributed by atoms with Crippen LogP contribution in [0.3, 0.4) is 0 Å². The van der Waals surface area contributed by atoms with E-state index in [0.717, 1.165) is 85.3 Å². The molecule has 6 rings (SSSR count). The van der Waals surface area contributed by atoms with Gasteiger partial charge >= 0.3 is 11.9 Å². The SMILES string of the molecule is CCOC(=O)CNC(=O)C(CSSCC(NC(=O)CCC(N)C(=O)NCCCCCC[P+](c1ccccc1)(c1ccccc1)c1ccccc1)C(=O)NCC(=O)OCC)NC(=O)CCC(N)C(=O)NCCCCCC[P+](c1ccccc1)(c1ccccc1)c1ccccc1. The van der Waals surface area contributed by atoms with Gasteiger partial charge in [-0.3, -0.25) is 38.4 Å². The smallest absolute Gasteiger partial charge is 0.325 e. The molecule has 6 amide bonds. The number of amides is 6. The molecule has 0 heterocycles. The van der Waals surface area contributed by atoms with E-state index < -0.39 is 99.2 Å². The summed E-state index contributed by atoms with van der Waals surface area (Å²) in [6.07, 6.45) is 8.83. The van der Waals surface area contributed by atoms with Crippen LogP contribution >= 0.6 is 36.1 Å². The third kappa shape index (κ3) is 24.4. The molecule has 0 aromatic heterocycles. The Balaban J connectivity index is 0.932. The van der Waals surface area contributed by atoms with Gasteiger partial charge in [0, 0.05) is 37.4 Å². The monoisotopic (exact) mass is 1360 g/mol. The van der Waals surface area contributed by atoms with E-state index >= 15 is 0 Å². The van der Waals surface area contributed by atoms with Gasteiger partial charge in [0.05, 0.1) is 37.6 Å². The standard InChI is InChI=1S/C72H92N8O10P2S2/c1-3-89-67(83)51-77-71(87)63(79-65(81)45-43-61(73)69(85)75-47-27-5-7-29-49-91(55-31-15-9-16-32-55,56-33-17-10-18-34-56)57-35-19-11-20-36-57)53-93-94-54-64(72(88)78-52-68(84)90-4-2)80-66(82)46-44-62(74)70(86)76-48-28-6-8-30-50-92(58-37-21-12-22-38-58,59-39-23-13-24-40-59)60-41-25-14-26-42-60/h9-26,31-42,61-64H,3-8,27-30,43-54,73-74H2,1-2H3,(H4-2,75,76,77,78,79,80,81,82,85,86,87,88)/p+2. The summed E-state index contributed by atoms with van der Waals surface area (Å²) in [6, 6.07) is 60.2. The topological polar surface area (TPSA) is 279 Å². The first kappa shape index (κ1) is 75.6. The highest BCUT2D eigenvalue weighted by atomic mass is 33.1. The van der Waals surface area contributed by atoms with E-state index in [1.807, 2.05) is 0 Å². The van der Waals surface area contributed by atoms with E-state index in [9.17, 15) is 38.4 Å². The van der Waals surface area contributed by atoms with Crippen LogP contribution in [0.4, 0.5) is 0 Å². The number of esters is 2. The van der Waals surface area contributed by atoms with Gasteiger partial charge in [0.15, 0.2) is 0 Å². The summed E-state index contributed by atoms with van der Waals surface area (Å²) in [6.45, 7) is 3.36. The highest BCUT2D eigenvalue weighted by molar-refractivity contribution is 8.76. The zero-order valence-electron chi connectivity index (χ0n) is 54.1. The molecular formula is C72H94N8O10P2S2+2. The quantitative estimate of drug-likeness (QED) is 0.00910. The molecule has 502 valence electrons. The Morgan fingerprint density at radius 2 is 0.660 bits per heavy atom. The van der Waals surface area contributed by atoms with Crippen molar-refractivity contribution in [1.82, 2.24) is 31.9 Å². The molecule has 22 heteroatoms. The summed E-state index contributed by atoms with van der Waals surface area (Å²) >= 11 is 0. The lowest BCUT2D eigenvalue weighted by Crippen LogP contribution is -2.50. The van der Waals surface area contributed by atoms with Crippen LogP contribution in [0.15, 0.2) is 182 Å². The van der Waals surface area contributed by atoms with Crippen LogP contribution in [-0.2, 0) is 47.8 Å². The number of carbonyl (C=O) groups is 8. The van der Waals surface area contributed by atoms with Gasteiger partial charge in [0.2, 0.25) is 35.4 Å². The molecule has 0 radical (unpaired) electrons. The fourth-order valence-corrected chi connectivity index (χ4v) is 22.2. The van der Waals surface area contributed by atoms with Crippen LogP contribution in [0.1, 0.15) is 90.9 Å². The lowest BCUT2D eigenvalue weighted by Gasteiger charge is -2.27. The van der Waals surface area contributed by atoms with Crippen molar-refractivity contribution in [2.45, 2.75) is 115 Å². The van der Waals surface area contributed by atoms with Gasteiger partial charge in [-0.15, -0.1) is 0 Å². The summed E-state index contributed by atoms with van der Waals surface area (Å²) in [5.41, 5.74) is 12.5. The number of nitrogens with two attached hydrogens (primary N) is 2. The molecule has 6 aromatic carbocycles. The molecule has 6 aromatic rings. The second kappa shape index (κ2) is 42.1. The zero-order chi connectivity index (χ0) is 67.2. The molecule has 0 bridgehead atoms. The molecule has 0 saturated heterocycles. The van der Waals surface area contributed by atoms with Crippen molar-refractivity contribution in [3.05, 3.63) is 182 Å². The highest BCUT2D eigenvalue weighted by Crippen LogP contribution is 2.57. The molecule has 0 spiro atoms. The molecule has 0 aliphatic carbocycles. The van der Waals surface area contributed by atoms with Crippen LogP contribution in [-0.4, -0.2) is 135 Å². The second-order valence-corrected chi connectivity index (χ2v) is 32.4. The lowest BCUT2D eigenvalue weighted by molar-refractivity contribution is -0.144. The van der Waals surface area contributed by atoms with Gasteiger partial charge in [-0.2, -0.15) is 0 Å². The number of benzene rings is 6. The minimum absolute atomic E-state index is 0.0112. The van der Waals surface area contributed by atoms with Crippen LogP contribution in [0.5, 0.6) is 0 Å². The van der Waals surface area contributed by atoms with Crippen molar-refractivity contribution in [3.8, 4) is 0 Å². The molecule has 4 atom stereocenters. The molecule has 4 unspecified atom stereocenters. The van der Waals surface area contributed by atoms with Gasteiger partial charge in [0.25, 0.3) is 0 Å². The van der Waals surface area contributed by atoms with E-state index in [2.05, 4.69) is 214 Å². The maximum atomic E-state index is 13.5. The normalized spacial score (nSPS) is 12.6. The van der Waals surface area contributed by atoms with Crippen LogP contribution in [0, 0.1) is 0 Å². The Morgan fingerprint density at radius 3 is 0.936 bits per heavy atom. The zero-order valence-corrected chi connectivity index (χ0v) is 57.6. The number of hydrogen-bond acceptors (Lipinski definition) is 14. The van der Waals surface area contributed by atoms with E-state index in [1.165, 1.54) is 31.8 Å². The third-order valence-electron chi connectivity index (χ3n) is 15.9. The fourth-order valence-electron chi connectivity index (χ4n) is 11.1. The van der Waals surface area contributed by atoms with Crippen molar-refractivity contribution in [3.63, 3.8) is 0 Å². The van der Waals surface area contributed by atoms with Gasteiger partial charge in [0.1, 0.15) is 71.5 Å². The van der Waals surface area contributed by atoms with Crippen molar-refractivity contribution in [1.29, 1.82) is 0 Å². The number of nitrogens with one attached hydrogen (secondary N) is 6. The van der Waals surface area contributed by atoms with Crippen molar-refractivity contribution < 1.29 is 47.8 Å². The molecule has 94 heavy (non-hydrogen) atoms. The van der Waals surface area contributed by atoms with Gasteiger partial charge in [-0.1, -0.05) is 144 Å². The van der Waals surface area contributed by atoms with Crippen LogP contribution in [0.25, 0.3) is 0 Å². The van der Waals surface area contributed by atoms with Crippen LogP contribution in [0.2, 0.25) is 0 Å². The first-order valence-corrected chi connectivity index (χ1v) is 39.0. The molecular weight excluding hydrogens is 1260 g/mol. The number of ether oxygens (including phenoxy) is 2. The minimum atomic E-state index is -1.94. The third-order valence-corrected chi connectivity index (χ3v) is 27.4. The second-order valence-electron chi connectivity index (χ2n) is 22.6. The number of rotatable bonds is 43. The molecule has 0 fully saturated rings. The van der Waals surface area contributed by atoms with Gasteiger partial charge < -0.3 is 52.8 Å². The number of unbranched alkanes of at least 4 members (excludes halogenated alkanes) is 6. The predicted octanol–water partition coefficient (Wildman–Crippen LogP) is 6.25. The molecule has 10 N–H and O–H groups in total. The predicted molar refractivity (Wildman–Crippen MR) is 385 cm³/mol. The van der Waals surface area contributed by atoms with E-state index in [0.29, 0.717) is 13.1 Å². The minimum Gasteiger partial charge on any atom is -0.465 e. The average Bonchev–Trinajstić information content (AvgIpc) is 0.781. The summed E-state index contributed by atoms with van der Waals surface area (Å²) in [4.78, 5) is 104. The Morgan fingerprint density at radius 1 is 0.383 bits per heavy atom. The van der Waals surface area contributed by atoms with E-state index in [-0.39, 0.29) is 50.4 Å². The first-order chi connectivity index (χ1) is 45.7. The molecule has 0 aliphatic rings. The largest absolute Gasteiger partial charge is 0.465 e. The highest BCUT2D eigenvalue weighted by Gasteiger charge is 2.46. The lowest BCUT2D eigenvalue weighted by atomic mass is 10.1. The molecule has 0 aliphatic heterocycles. The van der Waals surface area contributed by atoms with Crippen molar-refractivity contribution >= 4 is 115 Å². The van der Waals surface area contributed by atoms with Gasteiger partial charge in [-0.05, 0) is 138 Å². The Hall–Kier alpha value is -7.44. The maximum absolute atomic E-state index is 13.5. The van der Waals surface area contributed by atoms with Gasteiger partial charge in [-0.25, -0.2) is 0 Å². The Kier molecular flexibility index (Phi) is 33.8. The molecule has 18 nitrogen and oxygen atoms in total. The number of hydrogen-bond donors (Lipinski definition) is 8. The van der Waals surface area contributed by atoms with E-state index in [1.54, 1.807) is 13.8 Å². The average molecular weight is 1360 g/mol. The Labute approximate surface area is 563 Å².